The van der Waals surface area contributed by atoms with Gasteiger partial charge in [0.2, 0.25) is 11.9 Å². The Morgan fingerprint density at radius 2 is 2.18 bits per heavy atom. The van der Waals surface area contributed by atoms with Crippen LogP contribution >= 0.6 is 0 Å². The Labute approximate surface area is 95.0 Å². The summed E-state index contributed by atoms with van der Waals surface area (Å²) in [6.07, 6.45) is 6.97. The maximum absolute atomic E-state index is 11.6. The van der Waals surface area contributed by atoms with Crippen LogP contribution in [0.5, 0.6) is 0 Å². The van der Waals surface area contributed by atoms with E-state index < -0.39 is 6.03 Å². The van der Waals surface area contributed by atoms with Gasteiger partial charge in [-0.15, -0.1) is 4.99 Å². The Morgan fingerprint density at radius 3 is 2.88 bits per heavy atom. The second-order valence-electron chi connectivity index (χ2n) is 2.81. The number of nitrogens with one attached hydrogen (secondary N) is 1. The van der Waals surface area contributed by atoms with Crippen molar-refractivity contribution in [1.82, 2.24) is 19.7 Å². The van der Waals surface area contributed by atoms with E-state index in [1.807, 2.05) is 0 Å². The van der Waals surface area contributed by atoms with Gasteiger partial charge in [-0.2, -0.15) is 9.78 Å². The molecule has 1 N–H and O–H groups in total. The van der Waals surface area contributed by atoms with Gasteiger partial charge in [-0.1, -0.05) is 0 Å². The smallest absolute Gasteiger partial charge is 0.287 e. The third kappa shape index (κ3) is 2.39. The molecule has 8 nitrogen and oxygen atoms in total. The van der Waals surface area contributed by atoms with E-state index in [1.54, 1.807) is 6.07 Å². The number of carbonyl (C=O) groups is 1. The van der Waals surface area contributed by atoms with Gasteiger partial charge in [0.05, 0.1) is 0 Å². The largest absolute Gasteiger partial charge is 0.347 e. The summed E-state index contributed by atoms with van der Waals surface area (Å²) < 4.78 is 1.07. The fourth-order valence-electron chi connectivity index (χ4n) is 1.09. The molecule has 1 amide bonds. The topological polar surface area (TPSA) is 102 Å². The van der Waals surface area contributed by atoms with Crippen molar-refractivity contribution in [3.05, 3.63) is 30.9 Å². The quantitative estimate of drug-likeness (QED) is 0.604. The van der Waals surface area contributed by atoms with Crippen LogP contribution in [0.1, 0.15) is 0 Å². The van der Waals surface area contributed by atoms with Gasteiger partial charge in [0.25, 0.3) is 0 Å². The zero-order valence-corrected chi connectivity index (χ0v) is 8.44. The molecule has 8 heteroatoms. The minimum atomic E-state index is -0.530. The Morgan fingerprint density at radius 1 is 1.35 bits per heavy atom. The lowest BCUT2D eigenvalue weighted by atomic mass is 10.6. The summed E-state index contributed by atoms with van der Waals surface area (Å²) in [5.74, 6) is 0.0550. The van der Waals surface area contributed by atoms with Crippen LogP contribution in [0.2, 0.25) is 0 Å². The monoisotopic (exact) mass is 230 g/mol. The van der Waals surface area contributed by atoms with E-state index in [-0.39, 0.29) is 11.6 Å². The lowest BCUT2D eigenvalue weighted by Crippen LogP contribution is -2.20. The number of nitrogens with zero attached hydrogens (tertiary/aromatic N) is 5. The fraction of sp³-hybridized carbons (Fsp3) is 0. The molecule has 2 rings (SSSR count). The molecule has 0 saturated carbocycles. The molecule has 0 radical (unpaired) electrons. The summed E-state index contributed by atoms with van der Waals surface area (Å²) in [4.78, 5) is 32.7. The predicted molar refractivity (Wildman–Crippen MR) is 56.5 cm³/mol. The van der Waals surface area contributed by atoms with Gasteiger partial charge >= 0.3 is 6.03 Å². The van der Waals surface area contributed by atoms with Gasteiger partial charge in [0.15, 0.2) is 5.82 Å². The average molecular weight is 230 g/mol. The lowest BCUT2D eigenvalue weighted by molar-refractivity contribution is 0.251. The number of amides is 1. The number of rotatable bonds is 2. The van der Waals surface area contributed by atoms with Crippen molar-refractivity contribution in [2.45, 2.75) is 0 Å². The lowest BCUT2D eigenvalue weighted by Gasteiger charge is -2.04. The molecule has 0 aliphatic heterocycles. The van der Waals surface area contributed by atoms with E-state index in [2.05, 4.69) is 25.4 Å². The first-order valence-electron chi connectivity index (χ1n) is 4.51. The van der Waals surface area contributed by atoms with Gasteiger partial charge in [-0.3, -0.25) is 5.32 Å². The zero-order chi connectivity index (χ0) is 12.1. The molecule has 0 saturated heterocycles. The third-order valence-corrected chi connectivity index (χ3v) is 1.77. The number of anilines is 1. The van der Waals surface area contributed by atoms with Crippen molar-refractivity contribution >= 4 is 23.7 Å². The Balaban J connectivity index is 2.24. The molecule has 0 aliphatic carbocycles. The molecule has 0 atom stereocenters. The molecule has 0 bridgehead atoms. The highest BCUT2D eigenvalue weighted by Crippen LogP contribution is 2.17. The Bertz CT molecular complexity index is 573. The molecular weight excluding hydrogens is 224 g/mol. The van der Waals surface area contributed by atoms with Gasteiger partial charge in [-0.05, 0) is 6.07 Å². The van der Waals surface area contributed by atoms with Crippen LogP contribution < -0.4 is 5.32 Å². The van der Waals surface area contributed by atoms with Gasteiger partial charge in [-0.25, -0.2) is 19.6 Å². The highest BCUT2D eigenvalue weighted by Gasteiger charge is 2.09. The van der Waals surface area contributed by atoms with Gasteiger partial charge in [0, 0.05) is 24.8 Å². The summed E-state index contributed by atoms with van der Waals surface area (Å²) in [5.41, 5.74) is 0. The fourth-order valence-corrected chi connectivity index (χ4v) is 1.09. The summed E-state index contributed by atoms with van der Waals surface area (Å²) in [6, 6.07) is 1.07. The highest BCUT2D eigenvalue weighted by molar-refractivity contribution is 5.91. The SMILES string of the molecule is O=C=Nc1nccnc1NC(=O)n1cccn1. The van der Waals surface area contributed by atoms with E-state index in [9.17, 15) is 9.59 Å². The van der Waals surface area contributed by atoms with E-state index in [0.717, 1.165) is 4.68 Å². The van der Waals surface area contributed by atoms with Crippen molar-refractivity contribution in [2.24, 2.45) is 4.99 Å². The first-order chi connectivity index (χ1) is 8.31. The molecule has 0 aromatic carbocycles. The summed E-state index contributed by atoms with van der Waals surface area (Å²) in [6.45, 7) is 0. The van der Waals surface area contributed by atoms with E-state index >= 15 is 0 Å². The Hall–Kier alpha value is -2.86. The highest BCUT2D eigenvalue weighted by atomic mass is 16.2. The van der Waals surface area contributed by atoms with Gasteiger partial charge in [0.1, 0.15) is 0 Å². The molecule has 84 valence electrons. The van der Waals surface area contributed by atoms with Crippen LogP contribution in [0.25, 0.3) is 0 Å². The van der Waals surface area contributed by atoms with Crippen LogP contribution in [-0.2, 0) is 4.79 Å². The van der Waals surface area contributed by atoms with Crippen LogP contribution in [0.3, 0.4) is 0 Å². The number of hydrogen-bond donors (Lipinski definition) is 1. The number of isocyanates is 1. The maximum Gasteiger partial charge on any atom is 0.347 e. The molecule has 2 aromatic rings. The first kappa shape index (κ1) is 10.7. The first-order valence-corrected chi connectivity index (χ1v) is 4.51. The standard InChI is InChI=1S/C9H6N6O2/c16-6-12-7-8(11-4-3-10-7)14-9(17)15-5-1-2-13-15/h1-5H,(H,11,14,17). The third-order valence-electron chi connectivity index (χ3n) is 1.77. The molecule has 2 aromatic heterocycles. The second-order valence-corrected chi connectivity index (χ2v) is 2.81. The molecular formula is C9H6N6O2. The van der Waals surface area contributed by atoms with Crippen molar-refractivity contribution in [3.63, 3.8) is 0 Å². The molecule has 17 heavy (non-hydrogen) atoms. The summed E-state index contributed by atoms with van der Waals surface area (Å²) in [7, 11) is 0. The minimum Gasteiger partial charge on any atom is -0.287 e. The number of aromatic nitrogens is 4. The Kier molecular flexibility index (Phi) is 2.99. The number of hydrogen-bond acceptors (Lipinski definition) is 6. The summed E-state index contributed by atoms with van der Waals surface area (Å²) in [5, 5.41) is 6.15. The predicted octanol–water partition coefficient (Wildman–Crippen LogP) is 0.721. The van der Waals surface area contributed by atoms with E-state index in [0.29, 0.717) is 0 Å². The van der Waals surface area contributed by atoms with E-state index in [4.69, 9.17) is 0 Å². The van der Waals surface area contributed by atoms with E-state index in [1.165, 1.54) is 30.9 Å². The van der Waals surface area contributed by atoms with Crippen molar-refractivity contribution < 1.29 is 9.59 Å². The number of carbonyl (C=O) groups excluding carboxylic acids is 2. The minimum absolute atomic E-state index is 0.0111. The molecule has 0 aliphatic rings. The van der Waals surface area contributed by atoms with Crippen molar-refractivity contribution in [2.75, 3.05) is 5.32 Å². The van der Waals surface area contributed by atoms with Crippen LogP contribution in [0, 0.1) is 0 Å². The maximum atomic E-state index is 11.6. The van der Waals surface area contributed by atoms with Crippen LogP contribution in [0.15, 0.2) is 35.8 Å². The van der Waals surface area contributed by atoms with Crippen molar-refractivity contribution in [1.29, 1.82) is 0 Å². The molecule has 0 spiro atoms. The van der Waals surface area contributed by atoms with Crippen LogP contribution in [0.4, 0.5) is 16.4 Å². The molecule has 2 heterocycles. The number of aliphatic imine (C=N–C) groups is 1. The zero-order valence-electron chi connectivity index (χ0n) is 8.44. The average Bonchev–Trinajstić information content (AvgIpc) is 2.85. The van der Waals surface area contributed by atoms with Gasteiger partial charge < -0.3 is 0 Å². The molecule has 0 unspecified atom stereocenters. The summed E-state index contributed by atoms with van der Waals surface area (Å²) >= 11 is 0. The second kappa shape index (κ2) is 4.77. The van der Waals surface area contributed by atoms with Crippen molar-refractivity contribution in [3.8, 4) is 0 Å². The normalized spacial score (nSPS) is 9.41. The van der Waals surface area contributed by atoms with Crippen LogP contribution in [-0.4, -0.2) is 31.9 Å². The molecule has 0 fully saturated rings.